The monoisotopic (exact) mass is 449 g/mol. The predicted molar refractivity (Wildman–Crippen MR) is 112 cm³/mol. The second-order valence-electron chi connectivity index (χ2n) is 5.92. The molecule has 2 N–H and O–H groups in total. The molecule has 1 aliphatic rings. The molecule has 1 fully saturated rings. The Labute approximate surface area is 161 Å². The summed E-state index contributed by atoms with van der Waals surface area (Å²) < 4.78 is 6.07. The van der Waals surface area contributed by atoms with Gasteiger partial charge in [0.05, 0.1) is 6.54 Å². The minimum atomic E-state index is 0. The number of aryl methyl sites for hydroxylation is 1. The molecule has 1 unspecified atom stereocenters. The van der Waals surface area contributed by atoms with E-state index in [4.69, 9.17) is 4.74 Å². The molecule has 0 spiro atoms. The van der Waals surface area contributed by atoms with Crippen molar-refractivity contribution >= 4 is 41.7 Å². The van der Waals surface area contributed by atoms with E-state index in [1.807, 2.05) is 18.2 Å². The molecule has 0 amide bonds. The van der Waals surface area contributed by atoms with E-state index >= 15 is 0 Å². The van der Waals surface area contributed by atoms with Gasteiger partial charge in [-0.15, -0.1) is 24.0 Å². The molecule has 0 bridgehead atoms. The van der Waals surface area contributed by atoms with Gasteiger partial charge in [-0.3, -0.25) is 4.99 Å². The van der Waals surface area contributed by atoms with Crippen molar-refractivity contribution in [1.82, 2.24) is 10.6 Å². The molecular formula is C17H28IN3OS. The zero-order valence-corrected chi connectivity index (χ0v) is 17.4. The summed E-state index contributed by atoms with van der Waals surface area (Å²) in [5.74, 6) is 3.04. The molecule has 1 heterocycles. The Bertz CT molecular complexity index is 504. The Morgan fingerprint density at radius 3 is 2.87 bits per heavy atom. The van der Waals surface area contributed by atoms with E-state index < -0.39 is 0 Å². The molecule has 1 aromatic rings. The standard InChI is InChI=1S/C17H27N3OS.HI/c1-14-6-4-7-15(12-14)21-10-9-19-16(18-3)20-13-17(2)8-5-11-22-17;/h4,6-7,12H,5,8-11,13H2,1-3H3,(H2,18,19,20);1H. The molecule has 4 nitrogen and oxygen atoms in total. The summed E-state index contributed by atoms with van der Waals surface area (Å²) in [5.41, 5.74) is 1.21. The number of guanidine groups is 1. The SMILES string of the molecule is CN=C(NCCOc1cccc(C)c1)NCC1(C)CCCS1.I. The molecular weight excluding hydrogens is 421 g/mol. The van der Waals surface area contributed by atoms with Crippen LogP contribution >= 0.6 is 35.7 Å². The zero-order chi connectivity index (χ0) is 15.8. The van der Waals surface area contributed by atoms with E-state index in [0.29, 0.717) is 11.4 Å². The molecule has 6 heteroatoms. The molecule has 0 radical (unpaired) electrons. The highest BCUT2D eigenvalue weighted by atomic mass is 127. The van der Waals surface area contributed by atoms with Crippen LogP contribution in [0.2, 0.25) is 0 Å². The maximum absolute atomic E-state index is 5.73. The maximum Gasteiger partial charge on any atom is 0.191 e. The molecule has 1 aliphatic heterocycles. The first-order valence-corrected chi connectivity index (χ1v) is 8.88. The summed E-state index contributed by atoms with van der Waals surface area (Å²) in [7, 11) is 1.81. The number of rotatable bonds is 6. The minimum Gasteiger partial charge on any atom is -0.492 e. The fraction of sp³-hybridized carbons (Fsp3) is 0.588. The average molecular weight is 449 g/mol. The second-order valence-corrected chi connectivity index (χ2v) is 7.60. The summed E-state index contributed by atoms with van der Waals surface area (Å²) in [5, 5.41) is 6.72. The summed E-state index contributed by atoms with van der Waals surface area (Å²) in [6.45, 7) is 6.70. The number of nitrogens with zero attached hydrogens (tertiary/aromatic N) is 1. The smallest absolute Gasteiger partial charge is 0.191 e. The lowest BCUT2D eigenvalue weighted by atomic mass is 10.1. The predicted octanol–water partition coefficient (Wildman–Crippen LogP) is 3.44. The topological polar surface area (TPSA) is 45.7 Å². The molecule has 0 saturated carbocycles. The van der Waals surface area contributed by atoms with Crippen molar-refractivity contribution < 1.29 is 4.74 Å². The lowest BCUT2D eigenvalue weighted by Crippen LogP contribution is -2.44. The Balaban J connectivity index is 0.00000264. The van der Waals surface area contributed by atoms with Gasteiger partial charge >= 0.3 is 0 Å². The number of ether oxygens (including phenoxy) is 1. The van der Waals surface area contributed by atoms with Crippen LogP contribution in [0.3, 0.4) is 0 Å². The number of hydrogen-bond acceptors (Lipinski definition) is 3. The number of benzene rings is 1. The van der Waals surface area contributed by atoms with Gasteiger partial charge in [-0.2, -0.15) is 11.8 Å². The molecule has 1 aromatic carbocycles. The van der Waals surface area contributed by atoms with Crippen molar-refractivity contribution in [1.29, 1.82) is 0 Å². The highest BCUT2D eigenvalue weighted by molar-refractivity contribution is 14.0. The molecule has 2 rings (SSSR count). The molecule has 1 saturated heterocycles. The molecule has 23 heavy (non-hydrogen) atoms. The third kappa shape index (κ3) is 7.20. The van der Waals surface area contributed by atoms with Crippen LogP contribution in [0.4, 0.5) is 0 Å². The van der Waals surface area contributed by atoms with Gasteiger partial charge in [-0.05, 0) is 50.1 Å². The normalized spacial score (nSPS) is 20.7. The van der Waals surface area contributed by atoms with Crippen molar-refractivity contribution in [3.8, 4) is 5.75 Å². The average Bonchev–Trinajstić information content (AvgIpc) is 2.94. The second kappa shape index (κ2) is 10.3. The van der Waals surface area contributed by atoms with Gasteiger partial charge in [0, 0.05) is 18.3 Å². The third-order valence-corrected chi connectivity index (χ3v) is 5.34. The van der Waals surface area contributed by atoms with Crippen LogP contribution in [0.25, 0.3) is 0 Å². The first-order chi connectivity index (χ1) is 10.6. The Hall–Kier alpha value is -0.630. The molecule has 130 valence electrons. The van der Waals surface area contributed by atoms with E-state index in [9.17, 15) is 0 Å². The van der Waals surface area contributed by atoms with Gasteiger partial charge < -0.3 is 15.4 Å². The van der Waals surface area contributed by atoms with Crippen LogP contribution < -0.4 is 15.4 Å². The van der Waals surface area contributed by atoms with E-state index in [0.717, 1.165) is 24.8 Å². The third-order valence-electron chi connectivity index (χ3n) is 3.81. The van der Waals surface area contributed by atoms with Crippen LogP contribution in [0.1, 0.15) is 25.3 Å². The Kier molecular flexibility index (Phi) is 9.12. The van der Waals surface area contributed by atoms with Gasteiger partial charge in [-0.25, -0.2) is 0 Å². The number of thioether (sulfide) groups is 1. The van der Waals surface area contributed by atoms with E-state index in [-0.39, 0.29) is 24.0 Å². The van der Waals surface area contributed by atoms with E-state index in [2.05, 4.69) is 47.3 Å². The van der Waals surface area contributed by atoms with Crippen molar-refractivity contribution in [3.05, 3.63) is 29.8 Å². The van der Waals surface area contributed by atoms with E-state index in [1.54, 1.807) is 7.05 Å². The lowest BCUT2D eigenvalue weighted by Gasteiger charge is -2.24. The van der Waals surface area contributed by atoms with Crippen molar-refractivity contribution in [2.24, 2.45) is 4.99 Å². The Morgan fingerprint density at radius 2 is 2.22 bits per heavy atom. The quantitative estimate of drug-likeness (QED) is 0.302. The van der Waals surface area contributed by atoms with Gasteiger partial charge in [-0.1, -0.05) is 12.1 Å². The van der Waals surface area contributed by atoms with E-state index in [1.165, 1.54) is 24.2 Å². The number of halogens is 1. The highest BCUT2D eigenvalue weighted by Gasteiger charge is 2.29. The number of nitrogens with one attached hydrogen (secondary N) is 2. The van der Waals surface area contributed by atoms with Crippen molar-refractivity contribution in [3.63, 3.8) is 0 Å². The van der Waals surface area contributed by atoms with Gasteiger partial charge in [0.25, 0.3) is 0 Å². The fourth-order valence-corrected chi connectivity index (χ4v) is 3.76. The van der Waals surface area contributed by atoms with Crippen molar-refractivity contribution in [2.75, 3.05) is 32.5 Å². The Morgan fingerprint density at radius 1 is 1.39 bits per heavy atom. The van der Waals surface area contributed by atoms with Crippen molar-refractivity contribution in [2.45, 2.75) is 31.4 Å². The lowest BCUT2D eigenvalue weighted by molar-refractivity contribution is 0.321. The van der Waals surface area contributed by atoms with Crippen LogP contribution in [0.15, 0.2) is 29.3 Å². The summed E-state index contributed by atoms with van der Waals surface area (Å²) in [6.07, 6.45) is 2.59. The summed E-state index contributed by atoms with van der Waals surface area (Å²) in [4.78, 5) is 4.27. The maximum atomic E-state index is 5.73. The number of hydrogen-bond donors (Lipinski definition) is 2. The van der Waals surface area contributed by atoms with Gasteiger partial charge in [0.2, 0.25) is 0 Å². The number of aliphatic imine (C=N–C) groups is 1. The molecule has 1 atom stereocenters. The van der Waals surface area contributed by atoms with Gasteiger partial charge in [0.1, 0.15) is 12.4 Å². The molecule has 0 aliphatic carbocycles. The van der Waals surface area contributed by atoms with Crippen LogP contribution in [0, 0.1) is 6.92 Å². The summed E-state index contributed by atoms with van der Waals surface area (Å²) >= 11 is 2.05. The minimum absolute atomic E-state index is 0. The van der Waals surface area contributed by atoms with Crippen LogP contribution in [-0.2, 0) is 0 Å². The summed E-state index contributed by atoms with van der Waals surface area (Å²) in [6, 6.07) is 8.11. The largest absolute Gasteiger partial charge is 0.492 e. The zero-order valence-electron chi connectivity index (χ0n) is 14.2. The first kappa shape index (κ1) is 20.4. The van der Waals surface area contributed by atoms with Crippen LogP contribution in [-0.4, -0.2) is 43.2 Å². The first-order valence-electron chi connectivity index (χ1n) is 7.89. The van der Waals surface area contributed by atoms with Gasteiger partial charge in [0.15, 0.2) is 5.96 Å². The fourth-order valence-electron chi connectivity index (χ4n) is 2.51. The molecule has 0 aromatic heterocycles. The van der Waals surface area contributed by atoms with Crippen LogP contribution in [0.5, 0.6) is 5.75 Å². The highest BCUT2D eigenvalue weighted by Crippen LogP contribution is 2.36.